The first-order valence-electron chi connectivity index (χ1n) is 9.07. The molecule has 0 bridgehead atoms. The van der Waals surface area contributed by atoms with Gasteiger partial charge in [0.2, 0.25) is 0 Å². The Kier molecular flexibility index (Phi) is 3.63. The fourth-order valence-electron chi connectivity index (χ4n) is 4.20. The minimum absolute atomic E-state index is 0.0115. The quantitative estimate of drug-likeness (QED) is 0.721. The van der Waals surface area contributed by atoms with Gasteiger partial charge in [0.1, 0.15) is 5.69 Å². The largest absolute Gasteiger partial charge is 0.459 e. The van der Waals surface area contributed by atoms with Crippen LogP contribution in [-0.4, -0.2) is 45.3 Å². The molecule has 0 spiro atoms. The number of rotatable bonds is 3. The number of aromatic nitrogens is 1. The third-order valence-corrected chi connectivity index (χ3v) is 5.49. The van der Waals surface area contributed by atoms with E-state index in [4.69, 9.17) is 4.42 Å². The lowest BCUT2D eigenvalue weighted by atomic mass is 10.0. The second kappa shape index (κ2) is 6.16. The van der Waals surface area contributed by atoms with Crippen molar-refractivity contribution in [1.82, 2.24) is 14.4 Å². The summed E-state index contributed by atoms with van der Waals surface area (Å²) in [5.41, 5.74) is 1.76. The normalized spacial score (nSPS) is 21.3. The summed E-state index contributed by atoms with van der Waals surface area (Å²) in [5, 5.41) is 0. The van der Waals surface area contributed by atoms with E-state index in [0.29, 0.717) is 31.1 Å². The molecule has 2 aliphatic heterocycles. The van der Waals surface area contributed by atoms with Crippen molar-refractivity contribution >= 4 is 11.8 Å². The lowest BCUT2D eigenvalue weighted by Crippen LogP contribution is -2.49. The highest BCUT2D eigenvalue weighted by Gasteiger charge is 2.46. The predicted molar refractivity (Wildman–Crippen MR) is 98.2 cm³/mol. The highest BCUT2D eigenvalue weighted by Crippen LogP contribution is 2.35. The molecule has 0 radical (unpaired) electrons. The van der Waals surface area contributed by atoms with Crippen molar-refractivity contribution in [2.24, 2.45) is 0 Å². The predicted octanol–water partition coefficient (Wildman–Crippen LogP) is 2.80. The Bertz CT molecular complexity index is 977. The molecule has 2 aromatic heterocycles. The van der Waals surface area contributed by atoms with Crippen LogP contribution in [0.4, 0.5) is 0 Å². The van der Waals surface area contributed by atoms with Crippen LogP contribution in [0.3, 0.4) is 0 Å². The average molecular weight is 361 g/mol. The van der Waals surface area contributed by atoms with Crippen molar-refractivity contribution in [2.75, 3.05) is 13.1 Å². The Hall–Kier alpha value is -3.28. The molecule has 1 aromatic carbocycles. The Morgan fingerprint density at radius 2 is 1.81 bits per heavy atom. The number of benzene rings is 1. The van der Waals surface area contributed by atoms with Gasteiger partial charge in [0.15, 0.2) is 5.76 Å². The van der Waals surface area contributed by atoms with E-state index in [1.54, 1.807) is 17.0 Å². The Morgan fingerprint density at radius 1 is 1.00 bits per heavy atom. The van der Waals surface area contributed by atoms with Crippen LogP contribution < -0.4 is 0 Å². The summed E-state index contributed by atoms with van der Waals surface area (Å²) < 4.78 is 7.30. The standard InChI is InChI=1S/C21H19N3O3/c25-20-16-8-4-10-23(16)17-13-22(21(26)19-9-5-11-27-19)14-18(17)24(20)12-15-6-2-1-3-7-15/h1-11,17-18H,12-14H2/t17-,18+/m0/s1. The maximum absolute atomic E-state index is 13.1. The van der Waals surface area contributed by atoms with Crippen LogP contribution in [0.2, 0.25) is 0 Å². The van der Waals surface area contributed by atoms with Crippen LogP contribution in [0.15, 0.2) is 71.5 Å². The molecule has 0 saturated carbocycles. The maximum atomic E-state index is 13.1. The fraction of sp³-hybridized carbons (Fsp3) is 0.238. The molecule has 2 atom stereocenters. The Labute approximate surface area is 156 Å². The van der Waals surface area contributed by atoms with Crippen molar-refractivity contribution in [1.29, 1.82) is 0 Å². The van der Waals surface area contributed by atoms with Crippen LogP contribution in [-0.2, 0) is 6.54 Å². The smallest absolute Gasteiger partial charge is 0.289 e. The Balaban J connectivity index is 1.48. The summed E-state index contributed by atoms with van der Waals surface area (Å²) in [7, 11) is 0. The molecule has 6 heteroatoms. The first kappa shape index (κ1) is 15.9. The van der Waals surface area contributed by atoms with E-state index in [-0.39, 0.29) is 23.9 Å². The molecule has 0 aliphatic carbocycles. The van der Waals surface area contributed by atoms with Gasteiger partial charge in [-0.15, -0.1) is 0 Å². The number of likely N-dealkylation sites (tertiary alicyclic amines) is 1. The van der Waals surface area contributed by atoms with E-state index in [2.05, 4.69) is 0 Å². The number of hydrogen-bond acceptors (Lipinski definition) is 3. The number of hydrogen-bond donors (Lipinski definition) is 0. The molecule has 5 rings (SSSR count). The number of carbonyl (C=O) groups excluding carboxylic acids is 2. The minimum atomic E-state index is -0.129. The second-order valence-corrected chi connectivity index (χ2v) is 7.04. The molecule has 27 heavy (non-hydrogen) atoms. The SMILES string of the molecule is O=C(c1ccco1)N1C[C@@H]2[C@H](C1)n1cccc1C(=O)N2Cc1ccccc1. The summed E-state index contributed by atoms with van der Waals surface area (Å²) >= 11 is 0. The van der Waals surface area contributed by atoms with E-state index in [0.717, 1.165) is 5.56 Å². The topological polar surface area (TPSA) is 58.7 Å². The van der Waals surface area contributed by atoms with Gasteiger partial charge in [-0.3, -0.25) is 9.59 Å². The van der Waals surface area contributed by atoms with E-state index < -0.39 is 0 Å². The first-order chi connectivity index (χ1) is 13.2. The molecule has 1 saturated heterocycles. The molecule has 2 amide bonds. The molecule has 0 unspecified atom stereocenters. The molecular formula is C21H19N3O3. The molecule has 4 heterocycles. The van der Waals surface area contributed by atoms with Crippen LogP contribution in [0, 0.1) is 0 Å². The van der Waals surface area contributed by atoms with E-state index in [1.165, 1.54) is 6.26 Å². The first-order valence-corrected chi connectivity index (χ1v) is 9.07. The maximum Gasteiger partial charge on any atom is 0.289 e. The van der Waals surface area contributed by atoms with Gasteiger partial charge in [0, 0.05) is 25.8 Å². The highest BCUT2D eigenvalue weighted by molar-refractivity contribution is 5.95. The summed E-state index contributed by atoms with van der Waals surface area (Å²) in [5.74, 6) is 0.218. The van der Waals surface area contributed by atoms with Gasteiger partial charge in [-0.25, -0.2) is 0 Å². The van der Waals surface area contributed by atoms with Gasteiger partial charge < -0.3 is 18.8 Å². The zero-order valence-corrected chi connectivity index (χ0v) is 14.7. The Morgan fingerprint density at radius 3 is 2.59 bits per heavy atom. The third kappa shape index (κ3) is 2.56. The molecule has 6 nitrogen and oxygen atoms in total. The lowest BCUT2D eigenvalue weighted by molar-refractivity contribution is 0.0549. The van der Waals surface area contributed by atoms with E-state index in [9.17, 15) is 9.59 Å². The summed E-state index contributed by atoms with van der Waals surface area (Å²) in [6.45, 7) is 1.60. The summed E-state index contributed by atoms with van der Waals surface area (Å²) in [6, 6.07) is 17.1. The molecule has 2 aliphatic rings. The van der Waals surface area contributed by atoms with Crippen molar-refractivity contribution in [3.8, 4) is 0 Å². The average Bonchev–Trinajstić information content (AvgIpc) is 3.45. The van der Waals surface area contributed by atoms with E-state index >= 15 is 0 Å². The fourth-order valence-corrected chi connectivity index (χ4v) is 4.20. The lowest BCUT2D eigenvalue weighted by Gasteiger charge is -2.38. The zero-order chi connectivity index (χ0) is 18.4. The van der Waals surface area contributed by atoms with Crippen molar-refractivity contribution in [3.05, 3.63) is 84.1 Å². The number of fused-ring (bicyclic) bond motifs is 3. The summed E-state index contributed by atoms with van der Waals surface area (Å²) in [6.07, 6.45) is 3.44. The second-order valence-electron chi connectivity index (χ2n) is 7.04. The van der Waals surface area contributed by atoms with E-state index in [1.807, 2.05) is 58.1 Å². The van der Waals surface area contributed by atoms with Gasteiger partial charge in [0.25, 0.3) is 11.8 Å². The van der Waals surface area contributed by atoms with Crippen LogP contribution in [0.5, 0.6) is 0 Å². The highest BCUT2D eigenvalue weighted by atomic mass is 16.3. The van der Waals surface area contributed by atoms with Gasteiger partial charge in [0.05, 0.1) is 18.3 Å². The number of carbonyl (C=O) groups is 2. The van der Waals surface area contributed by atoms with Gasteiger partial charge in [-0.05, 0) is 29.8 Å². The van der Waals surface area contributed by atoms with Crippen LogP contribution in [0.25, 0.3) is 0 Å². The van der Waals surface area contributed by atoms with Gasteiger partial charge in [-0.1, -0.05) is 30.3 Å². The van der Waals surface area contributed by atoms with Crippen LogP contribution in [0.1, 0.15) is 32.6 Å². The summed E-state index contributed by atoms with van der Waals surface area (Å²) in [4.78, 5) is 29.6. The minimum Gasteiger partial charge on any atom is -0.459 e. The molecule has 3 aromatic rings. The van der Waals surface area contributed by atoms with Gasteiger partial charge in [-0.2, -0.15) is 0 Å². The van der Waals surface area contributed by atoms with Crippen LogP contribution >= 0.6 is 0 Å². The molecule has 1 fully saturated rings. The molecular weight excluding hydrogens is 342 g/mol. The number of nitrogens with zero attached hydrogens (tertiary/aromatic N) is 3. The van der Waals surface area contributed by atoms with Crippen molar-refractivity contribution in [3.63, 3.8) is 0 Å². The molecule has 136 valence electrons. The third-order valence-electron chi connectivity index (χ3n) is 5.49. The van der Waals surface area contributed by atoms with Crippen molar-refractivity contribution < 1.29 is 14.0 Å². The zero-order valence-electron chi connectivity index (χ0n) is 14.7. The monoisotopic (exact) mass is 361 g/mol. The number of amides is 2. The van der Waals surface area contributed by atoms with Crippen molar-refractivity contribution in [2.45, 2.75) is 18.6 Å². The molecule has 0 N–H and O–H groups in total. The van der Waals surface area contributed by atoms with Gasteiger partial charge >= 0.3 is 0 Å². The number of furan rings is 1.